The van der Waals surface area contributed by atoms with Crippen molar-refractivity contribution >= 4 is 53.3 Å². The molecule has 1 aromatic rings. The molecule has 0 radical (unpaired) electrons. The lowest BCUT2D eigenvalue weighted by Crippen LogP contribution is -2.45. The van der Waals surface area contributed by atoms with E-state index in [4.69, 9.17) is 11.6 Å². The Morgan fingerprint density at radius 2 is 2.15 bits per heavy atom. The van der Waals surface area contributed by atoms with Gasteiger partial charge in [0, 0.05) is 31.2 Å². The summed E-state index contributed by atoms with van der Waals surface area (Å²) in [7, 11) is 4.06. The van der Waals surface area contributed by atoms with Crippen molar-refractivity contribution in [1.29, 1.82) is 0 Å². The van der Waals surface area contributed by atoms with E-state index in [2.05, 4.69) is 52.0 Å². The predicted octanol–water partition coefficient (Wildman–Crippen LogP) is 4.65. The van der Waals surface area contributed by atoms with Gasteiger partial charge in [0.1, 0.15) is 0 Å². The maximum absolute atomic E-state index is 6.24. The molecule has 0 aliphatic carbocycles. The van der Waals surface area contributed by atoms with Crippen LogP contribution in [0.5, 0.6) is 0 Å². The Kier molecular flexibility index (Phi) is 12.8. The van der Waals surface area contributed by atoms with Crippen LogP contribution in [0.25, 0.3) is 0 Å². The van der Waals surface area contributed by atoms with Crippen molar-refractivity contribution in [3.63, 3.8) is 0 Å². The number of rotatable bonds is 8. The molecule has 154 valence electrons. The quantitative estimate of drug-likeness (QED) is 0.225. The SMILES string of the molecule is CN=C(NCCCCSC)NCC1CCCN(C)C1c1cccc(Cl)c1.I. The molecule has 0 bridgehead atoms. The highest BCUT2D eigenvalue weighted by atomic mass is 127. The first-order valence-electron chi connectivity index (χ1n) is 9.55. The first-order chi connectivity index (χ1) is 12.7. The number of thioether (sulfide) groups is 1. The maximum Gasteiger partial charge on any atom is 0.190 e. The molecule has 1 saturated heterocycles. The summed E-state index contributed by atoms with van der Waals surface area (Å²) < 4.78 is 0. The number of benzene rings is 1. The Morgan fingerprint density at radius 3 is 2.85 bits per heavy atom. The maximum atomic E-state index is 6.24. The lowest BCUT2D eigenvalue weighted by Gasteiger charge is -2.40. The van der Waals surface area contributed by atoms with Crippen LogP contribution in [0, 0.1) is 5.92 Å². The number of halogens is 2. The number of guanidine groups is 1. The van der Waals surface area contributed by atoms with Gasteiger partial charge < -0.3 is 10.6 Å². The van der Waals surface area contributed by atoms with Gasteiger partial charge in [0.2, 0.25) is 0 Å². The van der Waals surface area contributed by atoms with Crippen LogP contribution in [0.15, 0.2) is 29.3 Å². The van der Waals surface area contributed by atoms with Crippen LogP contribution in [0.1, 0.15) is 37.3 Å². The van der Waals surface area contributed by atoms with Crippen molar-refractivity contribution < 1.29 is 0 Å². The lowest BCUT2D eigenvalue weighted by molar-refractivity contribution is 0.122. The average Bonchev–Trinajstić information content (AvgIpc) is 2.64. The molecule has 0 spiro atoms. The fourth-order valence-electron chi connectivity index (χ4n) is 3.72. The second-order valence-corrected chi connectivity index (χ2v) is 8.38. The zero-order chi connectivity index (χ0) is 18.8. The molecule has 27 heavy (non-hydrogen) atoms. The Balaban J connectivity index is 0.00000364. The number of nitrogens with zero attached hydrogens (tertiary/aromatic N) is 2. The highest BCUT2D eigenvalue weighted by Gasteiger charge is 2.30. The molecule has 7 heteroatoms. The average molecular weight is 525 g/mol. The molecule has 0 saturated carbocycles. The van der Waals surface area contributed by atoms with E-state index in [0.29, 0.717) is 12.0 Å². The normalized spacial score (nSPS) is 20.8. The van der Waals surface area contributed by atoms with Gasteiger partial charge in [0.05, 0.1) is 0 Å². The minimum atomic E-state index is 0. The summed E-state index contributed by atoms with van der Waals surface area (Å²) in [5.74, 6) is 2.68. The second-order valence-electron chi connectivity index (χ2n) is 6.96. The van der Waals surface area contributed by atoms with Crippen LogP contribution >= 0.6 is 47.3 Å². The summed E-state index contributed by atoms with van der Waals surface area (Å²) in [6.45, 7) is 3.03. The van der Waals surface area contributed by atoms with E-state index in [1.165, 1.54) is 37.0 Å². The first kappa shape index (κ1) is 24.9. The fraction of sp³-hybridized carbons (Fsp3) is 0.650. The van der Waals surface area contributed by atoms with E-state index < -0.39 is 0 Å². The van der Waals surface area contributed by atoms with Crippen molar-refractivity contribution in [2.45, 2.75) is 31.7 Å². The number of aliphatic imine (C=N–C) groups is 1. The van der Waals surface area contributed by atoms with E-state index in [1.54, 1.807) is 0 Å². The third-order valence-electron chi connectivity index (χ3n) is 5.02. The monoisotopic (exact) mass is 524 g/mol. The predicted molar refractivity (Wildman–Crippen MR) is 132 cm³/mol. The molecule has 4 nitrogen and oxygen atoms in total. The van der Waals surface area contributed by atoms with Crippen molar-refractivity contribution in [3.05, 3.63) is 34.9 Å². The summed E-state index contributed by atoms with van der Waals surface area (Å²) >= 11 is 8.14. The number of hydrogen-bond acceptors (Lipinski definition) is 3. The van der Waals surface area contributed by atoms with Crippen molar-refractivity contribution in [1.82, 2.24) is 15.5 Å². The first-order valence-corrected chi connectivity index (χ1v) is 11.3. The number of unbranched alkanes of at least 4 members (excludes halogenated alkanes) is 1. The van der Waals surface area contributed by atoms with Gasteiger partial charge in [0.15, 0.2) is 5.96 Å². The highest BCUT2D eigenvalue weighted by molar-refractivity contribution is 14.0. The van der Waals surface area contributed by atoms with Gasteiger partial charge in [-0.05, 0) is 74.9 Å². The number of hydrogen-bond donors (Lipinski definition) is 2. The summed E-state index contributed by atoms with van der Waals surface area (Å²) in [6.07, 6.45) is 7.04. The van der Waals surface area contributed by atoms with Gasteiger partial charge in [-0.3, -0.25) is 9.89 Å². The second kappa shape index (κ2) is 13.9. The highest BCUT2D eigenvalue weighted by Crippen LogP contribution is 2.35. The van der Waals surface area contributed by atoms with Gasteiger partial charge in [-0.1, -0.05) is 23.7 Å². The molecule has 1 aromatic carbocycles. The van der Waals surface area contributed by atoms with E-state index in [1.807, 2.05) is 24.9 Å². The summed E-state index contributed by atoms with van der Waals surface area (Å²) in [4.78, 5) is 6.83. The van der Waals surface area contributed by atoms with Gasteiger partial charge in [-0.15, -0.1) is 24.0 Å². The minimum absolute atomic E-state index is 0. The molecule has 0 aromatic heterocycles. The number of nitrogens with one attached hydrogen (secondary N) is 2. The van der Waals surface area contributed by atoms with Gasteiger partial charge in [0.25, 0.3) is 0 Å². The minimum Gasteiger partial charge on any atom is -0.356 e. The molecule has 1 aliphatic rings. The van der Waals surface area contributed by atoms with E-state index in [0.717, 1.165) is 30.6 Å². The van der Waals surface area contributed by atoms with Crippen molar-refractivity contribution in [2.75, 3.05) is 45.7 Å². The van der Waals surface area contributed by atoms with E-state index in [9.17, 15) is 0 Å². The van der Waals surface area contributed by atoms with Crippen LogP contribution in [0.2, 0.25) is 5.02 Å². The zero-order valence-electron chi connectivity index (χ0n) is 16.7. The van der Waals surface area contributed by atoms with Crippen LogP contribution < -0.4 is 10.6 Å². The molecular formula is C20H34ClIN4S. The fourth-order valence-corrected chi connectivity index (χ4v) is 4.41. The Bertz CT molecular complexity index is 573. The molecule has 2 atom stereocenters. The molecule has 2 N–H and O–H groups in total. The molecule has 1 fully saturated rings. The third-order valence-corrected chi connectivity index (χ3v) is 5.95. The van der Waals surface area contributed by atoms with Gasteiger partial charge >= 0.3 is 0 Å². The topological polar surface area (TPSA) is 39.7 Å². The zero-order valence-corrected chi connectivity index (χ0v) is 20.6. The largest absolute Gasteiger partial charge is 0.356 e. The molecule has 0 amide bonds. The van der Waals surface area contributed by atoms with E-state index >= 15 is 0 Å². The molecule has 2 rings (SSSR count). The van der Waals surface area contributed by atoms with Crippen molar-refractivity contribution in [3.8, 4) is 0 Å². The van der Waals surface area contributed by atoms with Gasteiger partial charge in [-0.25, -0.2) is 0 Å². The van der Waals surface area contributed by atoms with E-state index in [-0.39, 0.29) is 24.0 Å². The third kappa shape index (κ3) is 8.38. The Hall–Kier alpha value is -0.180. The number of likely N-dealkylation sites (tertiary alicyclic amines) is 1. The molecular weight excluding hydrogens is 491 g/mol. The van der Waals surface area contributed by atoms with Crippen LogP contribution in [-0.2, 0) is 0 Å². The standard InChI is InChI=1S/C20H33ClN4S.HI/c1-22-20(23-11-4-5-13-26-3)24-15-17-9-7-12-25(2)19(17)16-8-6-10-18(21)14-16;/h6,8,10,14,17,19H,4-5,7,9,11-13,15H2,1-3H3,(H2,22,23,24);1H. The van der Waals surface area contributed by atoms with Crippen LogP contribution in [-0.4, -0.2) is 56.6 Å². The molecule has 1 heterocycles. The van der Waals surface area contributed by atoms with Crippen molar-refractivity contribution in [2.24, 2.45) is 10.9 Å². The number of piperidine rings is 1. The molecule has 2 unspecified atom stereocenters. The smallest absolute Gasteiger partial charge is 0.190 e. The summed E-state index contributed by atoms with van der Waals surface area (Å²) in [6, 6.07) is 8.71. The lowest BCUT2D eigenvalue weighted by atomic mass is 9.85. The van der Waals surface area contributed by atoms with Crippen LogP contribution in [0.3, 0.4) is 0 Å². The Labute approximate surface area is 191 Å². The summed E-state index contributed by atoms with van der Waals surface area (Å²) in [5.41, 5.74) is 1.31. The van der Waals surface area contributed by atoms with Crippen LogP contribution in [0.4, 0.5) is 0 Å². The molecule has 1 aliphatic heterocycles. The van der Waals surface area contributed by atoms with Gasteiger partial charge in [-0.2, -0.15) is 11.8 Å². The Morgan fingerprint density at radius 1 is 1.33 bits per heavy atom. The summed E-state index contributed by atoms with van der Waals surface area (Å²) in [5, 5.41) is 7.79.